The van der Waals surface area contributed by atoms with Gasteiger partial charge in [-0.15, -0.1) is 0 Å². The smallest absolute Gasteiger partial charge is 0.347 e. The summed E-state index contributed by atoms with van der Waals surface area (Å²) in [4.78, 5) is 11.9. The number of aryl methyl sites for hydroxylation is 2. The van der Waals surface area contributed by atoms with Gasteiger partial charge in [0.05, 0.1) is 0 Å². The van der Waals surface area contributed by atoms with E-state index in [0.717, 1.165) is 5.56 Å². The highest BCUT2D eigenvalue weighted by atomic mass is 16.5. The van der Waals surface area contributed by atoms with Crippen molar-refractivity contribution in [2.75, 3.05) is 5.73 Å². The van der Waals surface area contributed by atoms with Crippen LogP contribution in [0.4, 0.5) is 5.82 Å². The zero-order valence-corrected chi connectivity index (χ0v) is 9.81. The Morgan fingerprint density at radius 2 is 2.00 bits per heavy atom. The molecule has 4 heteroatoms. The molecule has 0 saturated carbocycles. The lowest BCUT2D eigenvalue weighted by atomic mass is 10.2. The lowest BCUT2D eigenvalue weighted by Crippen LogP contribution is -2.11. The summed E-state index contributed by atoms with van der Waals surface area (Å²) in [5, 5.41) is 0. The molecule has 0 fully saturated rings. The van der Waals surface area contributed by atoms with Crippen molar-refractivity contribution in [2.24, 2.45) is 7.05 Å². The number of carbonyl (C=O) groups is 1. The van der Waals surface area contributed by atoms with Crippen LogP contribution in [-0.2, 0) is 7.05 Å². The lowest BCUT2D eigenvalue weighted by molar-refractivity contribution is 0.0734. The molecule has 0 aliphatic carbocycles. The second-order valence-corrected chi connectivity index (χ2v) is 3.88. The van der Waals surface area contributed by atoms with Gasteiger partial charge in [-0.3, -0.25) is 0 Å². The fourth-order valence-electron chi connectivity index (χ4n) is 1.54. The Morgan fingerprint density at radius 3 is 2.59 bits per heavy atom. The van der Waals surface area contributed by atoms with E-state index in [2.05, 4.69) is 0 Å². The molecule has 0 radical (unpaired) electrons. The predicted octanol–water partition coefficient (Wildman–Crippen LogP) is 2.13. The van der Waals surface area contributed by atoms with Gasteiger partial charge in [-0.1, -0.05) is 18.2 Å². The van der Waals surface area contributed by atoms with Gasteiger partial charge in [-0.05, 0) is 24.6 Å². The van der Waals surface area contributed by atoms with Crippen molar-refractivity contribution in [1.82, 2.24) is 4.57 Å². The first kappa shape index (κ1) is 11.3. The third-order valence-electron chi connectivity index (χ3n) is 2.64. The van der Waals surface area contributed by atoms with Crippen LogP contribution in [0.15, 0.2) is 36.5 Å². The molecule has 0 aliphatic rings. The second kappa shape index (κ2) is 4.33. The lowest BCUT2D eigenvalue weighted by Gasteiger charge is -2.06. The van der Waals surface area contributed by atoms with E-state index in [9.17, 15) is 4.79 Å². The highest BCUT2D eigenvalue weighted by molar-refractivity contribution is 5.95. The van der Waals surface area contributed by atoms with Crippen LogP contribution in [0.2, 0.25) is 0 Å². The zero-order valence-electron chi connectivity index (χ0n) is 9.81. The maximum atomic E-state index is 11.9. The van der Waals surface area contributed by atoms with Crippen LogP contribution >= 0.6 is 0 Å². The molecule has 0 spiro atoms. The van der Waals surface area contributed by atoms with Gasteiger partial charge in [0.15, 0.2) is 0 Å². The second-order valence-electron chi connectivity index (χ2n) is 3.88. The standard InChI is InChI=1S/C13H14N2O2/c1-9-5-3-4-6-11(9)17-13(16)10-7-8-15(2)12(10)14/h3-8H,14H2,1-2H3. The van der Waals surface area contributed by atoms with Crippen LogP contribution < -0.4 is 10.5 Å². The summed E-state index contributed by atoms with van der Waals surface area (Å²) in [7, 11) is 1.78. The van der Waals surface area contributed by atoms with Gasteiger partial charge in [0.2, 0.25) is 0 Å². The normalized spacial score (nSPS) is 10.2. The number of nitrogens with two attached hydrogens (primary N) is 1. The Morgan fingerprint density at radius 1 is 1.29 bits per heavy atom. The summed E-state index contributed by atoms with van der Waals surface area (Å²) in [6.45, 7) is 1.89. The Hall–Kier alpha value is -2.23. The maximum absolute atomic E-state index is 11.9. The van der Waals surface area contributed by atoms with Crippen LogP contribution in [0, 0.1) is 6.92 Å². The van der Waals surface area contributed by atoms with Crippen molar-refractivity contribution >= 4 is 11.8 Å². The van der Waals surface area contributed by atoms with Crippen molar-refractivity contribution in [3.8, 4) is 5.75 Å². The average molecular weight is 230 g/mol. The third-order valence-corrected chi connectivity index (χ3v) is 2.64. The number of hydrogen-bond acceptors (Lipinski definition) is 3. The van der Waals surface area contributed by atoms with Gasteiger partial charge in [0, 0.05) is 13.2 Å². The number of ether oxygens (including phenoxy) is 1. The van der Waals surface area contributed by atoms with Gasteiger partial charge in [-0.25, -0.2) is 4.79 Å². The highest BCUT2D eigenvalue weighted by Crippen LogP contribution is 2.20. The van der Waals surface area contributed by atoms with Gasteiger partial charge in [0.1, 0.15) is 17.1 Å². The quantitative estimate of drug-likeness (QED) is 0.635. The molecule has 1 aromatic carbocycles. The molecule has 88 valence electrons. The van der Waals surface area contributed by atoms with E-state index in [1.165, 1.54) is 0 Å². The number of carbonyl (C=O) groups excluding carboxylic acids is 1. The largest absolute Gasteiger partial charge is 0.423 e. The fraction of sp³-hybridized carbons (Fsp3) is 0.154. The summed E-state index contributed by atoms with van der Waals surface area (Å²) >= 11 is 0. The minimum Gasteiger partial charge on any atom is -0.423 e. The number of rotatable bonds is 2. The molecule has 0 saturated heterocycles. The maximum Gasteiger partial charge on any atom is 0.347 e. The van der Waals surface area contributed by atoms with E-state index in [1.54, 1.807) is 29.9 Å². The topological polar surface area (TPSA) is 57.2 Å². The number of benzene rings is 1. The Labute approximate surface area is 99.6 Å². The first-order valence-electron chi connectivity index (χ1n) is 5.28. The minimum atomic E-state index is -0.433. The monoisotopic (exact) mass is 230 g/mol. The number of hydrogen-bond donors (Lipinski definition) is 1. The van der Waals surface area contributed by atoms with Gasteiger partial charge < -0.3 is 15.0 Å². The number of aromatic nitrogens is 1. The number of anilines is 1. The molecule has 1 heterocycles. The highest BCUT2D eigenvalue weighted by Gasteiger charge is 2.15. The summed E-state index contributed by atoms with van der Waals surface area (Å²) < 4.78 is 6.97. The number of nitrogen functional groups attached to an aromatic ring is 1. The molecule has 2 aromatic rings. The molecule has 2 N–H and O–H groups in total. The minimum absolute atomic E-state index is 0.385. The SMILES string of the molecule is Cc1ccccc1OC(=O)c1ccn(C)c1N. The molecule has 2 rings (SSSR count). The predicted molar refractivity (Wildman–Crippen MR) is 66.0 cm³/mol. The number of nitrogens with zero attached hydrogens (tertiary/aromatic N) is 1. The first-order valence-corrected chi connectivity index (χ1v) is 5.28. The molecular weight excluding hydrogens is 216 g/mol. The first-order chi connectivity index (χ1) is 8.09. The summed E-state index contributed by atoms with van der Waals surface area (Å²) in [6, 6.07) is 9.01. The van der Waals surface area contributed by atoms with E-state index < -0.39 is 5.97 Å². The van der Waals surface area contributed by atoms with Gasteiger partial charge in [0.25, 0.3) is 0 Å². The molecule has 0 unspecified atom stereocenters. The van der Waals surface area contributed by atoms with Crippen molar-refractivity contribution in [2.45, 2.75) is 6.92 Å². The van der Waals surface area contributed by atoms with Crippen LogP contribution in [0.3, 0.4) is 0 Å². The number of esters is 1. The zero-order chi connectivity index (χ0) is 12.4. The van der Waals surface area contributed by atoms with Crippen LogP contribution in [0.25, 0.3) is 0 Å². The van der Waals surface area contributed by atoms with Crippen molar-refractivity contribution in [3.63, 3.8) is 0 Å². The Bertz CT molecular complexity index is 558. The molecule has 17 heavy (non-hydrogen) atoms. The molecule has 1 aromatic heterocycles. The molecule has 0 atom stereocenters. The van der Waals surface area contributed by atoms with E-state index in [4.69, 9.17) is 10.5 Å². The van der Waals surface area contributed by atoms with E-state index in [-0.39, 0.29) is 0 Å². The van der Waals surface area contributed by atoms with Crippen molar-refractivity contribution in [1.29, 1.82) is 0 Å². The van der Waals surface area contributed by atoms with Crippen molar-refractivity contribution in [3.05, 3.63) is 47.7 Å². The average Bonchev–Trinajstić information content (AvgIpc) is 2.63. The summed E-state index contributed by atoms with van der Waals surface area (Å²) in [5.74, 6) is 0.529. The van der Waals surface area contributed by atoms with E-state index in [0.29, 0.717) is 17.1 Å². The van der Waals surface area contributed by atoms with Crippen LogP contribution in [-0.4, -0.2) is 10.5 Å². The molecule has 4 nitrogen and oxygen atoms in total. The third kappa shape index (κ3) is 2.15. The molecule has 0 aliphatic heterocycles. The summed E-state index contributed by atoms with van der Waals surface area (Å²) in [6.07, 6.45) is 1.73. The van der Waals surface area contributed by atoms with Crippen LogP contribution in [0.5, 0.6) is 5.75 Å². The van der Waals surface area contributed by atoms with Gasteiger partial charge in [-0.2, -0.15) is 0 Å². The van der Waals surface area contributed by atoms with Gasteiger partial charge >= 0.3 is 5.97 Å². The Kier molecular flexibility index (Phi) is 2.87. The number of para-hydroxylation sites is 1. The summed E-state index contributed by atoms with van der Waals surface area (Å²) in [5.41, 5.74) is 7.05. The van der Waals surface area contributed by atoms with E-state index >= 15 is 0 Å². The van der Waals surface area contributed by atoms with E-state index in [1.807, 2.05) is 25.1 Å². The molecule has 0 bridgehead atoms. The van der Waals surface area contributed by atoms with Crippen LogP contribution in [0.1, 0.15) is 15.9 Å². The van der Waals surface area contributed by atoms with Crippen molar-refractivity contribution < 1.29 is 9.53 Å². The molecular formula is C13H14N2O2. The molecule has 0 amide bonds. The fourth-order valence-corrected chi connectivity index (χ4v) is 1.54. The Balaban J connectivity index is 2.23.